The molecule has 0 radical (unpaired) electrons. The fraction of sp³-hybridized carbons (Fsp3) is 0.300. The lowest BCUT2D eigenvalue weighted by Gasteiger charge is -2.02. The molecule has 13 heavy (non-hydrogen) atoms. The molecule has 0 aromatic heterocycles. The van der Waals surface area contributed by atoms with Crippen LogP contribution in [0.25, 0.3) is 0 Å². The average molecular weight is 177 g/mol. The highest BCUT2D eigenvalue weighted by Crippen LogP contribution is 2.11. The van der Waals surface area contributed by atoms with Crippen LogP contribution in [-0.2, 0) is 11.3 Å². The zero-order chi connectivity index (χ0) is 9.52. The zero-order valence-electron chi connectivity index (χ0n) is 7.49. The van der Waals surface area contributed by atoms with Crippen molar-refractivity contribution in [3.05, 3.63) is 29.8 Å². The summed E-state index contributed by atoms with van der Waals surface area (Å²) in [5.74, 6) is 0.823. The van der Waals surface area contributed by atoms with Crippen LogP contribution < -0.4 is 4.74 Å². The summed E-state index contributed by atoms with van der Waals surface area (Å²) in [4.78, 5) is 0. The van der Waals surface area contributed by atoms with Crippen LogP contribution in [0.2, 0.25) is 0 Å². The van der Waals surface area contributed by atoms with Crippen LogP contribution in [0.3, 0.4) is 0 Å². The van der Waals surface area contributed by atoms with E-state index >= 15 is 0 Å². The first-order chi connectivity index (χ1) is 6.36. The Hall–Kier alpha value is -1.53. The minimum atomic E-state index is 0.131. The molecule has 0 spiro atoms. The molecule has 0 aliphatic rings. The first kappa shape index (κ1) is 9.56. The molecule has 0 heterocycles. The van der Waals surface area contributed by atoms with Gasteiger partial charge in [0, 0.05) is 0 Å². The largest absolute Gasteiger partial charge is 0.497 e. The fourth-order valence-corrected chi connectivity index (χ4v) is 0.936. The lowest BCUT2D eigenvalue weighted by molar-refractivity contribution is 0.152. The van der Waals surface area contributed by atoms with Gasteiger partial charge in [0.1, 0.15) is 12.4 Å². The second-order valence-corrected chi connectivity index (χ2v) is 2.50. The van der Waals surface area contributed by atoms with Crippen molar-refractivity contribution in [2.75, 3.05) is 13.7 Å². The Morgan fingerprint density at radius 3 is 2.54 bits per heavy atom. The molecule has 68 valence electrons. The number of rotatable bonds is 4. The Balaban J connectivity index is 2.45. The summed E-state index contributed by atoms with van der Waals surface area (Å²) in [5, 5.41) is 8.23. The molecule has 0 fully saturated rings. The standard InChI is InChI=1S/C10H11NO2/c1-12-10-4-2-9(3-5-10)8-13-7-6-11/h2-5H,7-8H2,1H3. The fourth-order valence-electron chi connectivity index (χ4n) is 0.936. The Kier molecular flexibility index (Phi) is 3.80. The second kappa shape index (κ2) is 5.18. The molecule has 0 saturated carbocycles. The van der Waals surface area contributed by atoms with Crippen LogP contribution in [0.1, 0.15) is 5.56 Å². The Morgan fingerprint density at radius 1 is 1.31 bits per heavy atom. The quantitative estimate of drug-likeness (QED) is 0.658. The number of nitrogens with zero attached hydrogens (tertiary/aromatic N) is 1. The van der Waals surface area contributed by atoms with Crippen molar-refractivity contribution in [3.8, 4) is 11.8 Å². The maximum Gasteiger partial charge on any atom is 0.134 e. The van der Waals surface area contributed by atoms with Crippen molar-refractivity contribution in [2.45, 2.75) is 6.61 Å². The number of benzene rings is 1. The molecular weight excluding hydrogens is 166 g/mol. The number of nitriles is 1. The number of ether oxygens (including phenoxy) is 2. The minimum absolute atomic E-state index is 0.131. The molecule has 0 atom stereocenters. The van der Waals surface area contributed by atoms with E-state index in [1.165, 1.54) is 0 Å². The molecular formula is C10H11NO2. The van der Waals surface area contributed by atoms with Gasteiger partial charge in [0.25, 0.3) is 0 Å². The smallest absolute Gasteiger partial charge is 0.134 e. The molecule has 3 heteroatoms. The van der Waals surface area contributed by atoms with Crippen molar-refractivity contribution < 1.29 is 9.47 Å². The molecule has 0 bridgehead atoms. The van der Waals surface area contributed by atoms with E-state index in [9.17, 15) is 0 Å². The summed E-state index contributed by atoms with van der Waals surface area (Å²) >= 11 is 0. The van der Waals surface area contributed by atoms with Crippen molar-refractivity contribution in [2.24, 2.45) is 0 Å². The van der Waals surface area contributed by atoms with Crippen LogP contribution >= 0.6 is 0 Å². The van der Waals surface area contributed by atoms with E-state index in [-0.39, 0.29) is 6.61 Å². The van der Waals surface area contributed by atoms with Crippen molar-refractivity contribution in [1.82, 2.24) is 0 Å². The monoisotopic (exact) mass is 177 g/mol. The molecule has 0 N–H and O–H groups in total. The Morgan fingerprint density at radius 2 is 2.00 bits per heavy atom. The van der Waals surface area contributed by atoms with Crippen molar-refractivity contribution in [1.29, 1.82) is 5.26 Å². The summed E-state index contributed by atoms with van der Waals surface area (Å²) in [6.45, 7) is 0.601. The third-order valence-corrected chi connectivity index (χ3v) is 1.59. The first-order valence-electron chi connectivity index (χ1n) is 3.94. The second-order valence-electron chi connectivity index (χ2n) is 2.50. The SMILES string of the molecule is COc1ccc(COCC#N)cc1. The molecule has 0 aliphatic heterocycles. The molecule has 3 nitrogen and oxygen atoms in total. The summed E-state index contributed by atoms with van der Waals surface area (Å²) in [5.41, 5.74) is 1.04. The van der Waals surface area contributed by atoms with Crippen LogP contribution in [0, 0.1) is 11.3 Å². The van der Waals surface area contributed by atoms with Gasteiger partial charge in [-0.25, -0.2) is 0 Å². The topological polar surface area (TPSA) is 42.2 Å². The lowest BCUT2D eigenvalue weighted by atomic mass is 10.2. The summed E-state index contributed by atoms with van der Waals surface area (Å²) in [6.07, 6.45) is 0. The third kappa shape index (κ3) is 3.14. The van der Waals surface area contributed by atoms with Gasteiger partial charge >= 0.3 is 0 Å². The Labute approximate surface area is 77.5 Å². The van der Waals surface area contributed by atoms with Crippen LogP contribution in [0.15, 0.2) is 24.3 Å². The predicted molar refractivity (Wildman–Crippen MR) is 48.3 cm³/mol. The highest BCUT2D eigenvalue weighted by Gasteiger charge is 1.93. The summed E-state index contributed by atoms with van der Waals surface area (Å²) < 4.78 is 10.0. The van der Waals surface area contributed by atoms with E-state index in [0.29, 0.717) is 6.61 Å². The van der Waals surface area contributed by atoms with Crippen LogP contribution in [0.5, 0.6) is 5.75 Å². The normalized spacial score (nSPS) is 9.23. The number of hydrogen-bond acceptors (Lipinski definition) is 3. The van der Waals surface area contributed by atoms with Gasteiger partial charge in [0.2, 0.25) is 0 Å². The Bertz CT molecular complexity index is 287. The molecule has 0 aliphatic carbocycles. The number of methoxy groups -OCH3 is 1. The molecule has 0 unspecified atom stereocenters. The van der Waals surface area contributed by atoms with Gasteiger partial charge in [-0.3, -0.25) is 0 Å². The average Bonchev–Trinajstić information content (AvgIpc) is 2.19. The molecule has 0 amide bonds. The van der Waals surface area contributed by atoms with Crippen molar-refractivity contribution in [3.63, 3.8) is 0 Å². The predicted octanol–water partition coefficient (Wildman–Crippen LogP) is 1.74. The maximum atomic E-state index is 8.23. The minimum Gasteiger partial charge on any atom is -0.497 e. The molecule has 1 aromatic carbocycles. The van der Waals surface area contributed by atoms with Gasteiger partial charge < -0.3 is 9.47 Å². The molecule has 1 aromatic rings. The van der Waals surface area contributed by atoms with Gasteiger partial charge in [-0.15, -0.1) is 0 Å². The van der Waals surface area contributed by atoms with E-state index < -0.39 is 0 Å². The van der Waals surface area contributed by atoms with Gasteiger partial charge in [-0.05, 0) is 17.7 Å². The summed E-state index contributed by atoms with van der Waals surface area (Å²) in [6, 6.07) is 9.47. The lowest BCUT2D eigenvalue weighted by Crippen LogP contribution is -1.92. The van der Waals surface area contributed by atoms with Crippen molar-refractivity contribution >= 4 is 0 Å². The van der Waals surface area contributed by atoms with Gasteiger partial charge in [0.15, 0.2) is 0 Å². The highest BCUT2D eigenvalue weighted by molar-refractivity contribution is 5.26. The zero-order valence-corrected chi connectivity index (χ0v) is 7.49. The van der Waals surface area contributed by atoms with Crippen LogP contribution in [0.4, 0.5) is 0 Å². The van der Waals surface area contributed by atoms with E-state index in [2.05, 4.69) is 0 Å². The van der Waals surface area contributed by atoms with E-state index in [0.717, 1.165) is 11.3 Å². The van der Waals surface area contributed by atoms with Gasteiger partial charge in [0.05, 0.1) is 19.8 Å². The molecule has 1 rings (SSSR count). The summed E-state index contributed by atoms with van der Waals surface area (Å²) in [7, 11) is 1.63. The highest BCUT2D eigenvalue weighted by atomic mass is 16.5. The van der Waals surface area contributed by atoms with E-state index in [1.54, 1.807) is 7.11 Å². The first-order valence-corrected chi connectivity index (χ1v) is 3.94. The van der Waals surface area contributed by atoms with E-state index in [1.807, 2.05) is 30.3 Å². The maximum absolute atomic E-state index is 8.23. The van der Waals surface area contributed by atoms with Crippen LogP contribution in [-0.4, -0.2) is 13.7 Å². The van der Waals surface area contributed by atoms with Gasteiger partial charge in [-0.2, -0.15) is 5.26 Å². The van der Waals surface area contributed by atoms with E-state index in [4.69, 9.17) is 14.7 Å². The third-order valence-electron chi connectivity index (χ3n) is 1.59. The van der Waals surface area contributed by atoms with Gasteiger partial charge in [-0.1, -0.05) is 12.1 Å². The molecule has 0 saturated heterocycles. The number of hydrogen-bond donors (Lipinski definition) is 0.